The van der Waals surface area contributed by atoms with Gasteiger partial charge in [-0.1, -0.05) is 0 Å². The Morgan fingerprint density at radius 3 is 2.61 bits per heavy atom. The first-order valence-corrected chi connectivity index (χ1v) is 6.24. The highest BCUT2D eigenvalue weighted by molar-refractivity contribution is 5.69. The zero-order valence-corrected chi connectivity index (χ0v) is 10.7. The van der Waals surface area contributed by atoms with Crippen LogP contribution < -0.4 is 10.1 Å². The predicted octanol–water partition coefficient (Wildman–Crippen LogP) is 2.97. The molecule has 1 aliphatic carbocycles. The monoisotopic (exact) mass is 243 g/mol. The summed E-state index contributed by atoms with van der Waals surface area (Å²) in [5.41, 5.74) is 3.37. The van der Waals surface area contributed by atoms with Gasteiger partial charge in [0.1, 0.15) is 5.75 Å². The number of hydrogen-bond donors (Lipinski definition) is 2. The minimum atomic E-state index is 0.621. The number of methoxy groups -OCH3 is 1. The first-order valence-electron chi connectivity index (χ1n) is 6.24. The highest BCUT2D eigenvalue weighted by Crippen LogP contribution is 2.30. The third-order valence-corrected chi connectivity index (χ3v) is 3.31. The molecule has 1 aliphatic rings. The lowest BCUT2D eigenvalue weighted by molar-refractivity contribution is 0.415. The molecular weight excluding hydrogens is 226 g/mol. The van der Waals surface area contributed by atoms with Crippen LogP contribution in [0.25, 0.3) is 11.3 Å². The number of benzene rings is 1. The van der Waals surface area contributed by atoms with Crippen molar-refractivity contribution in [2.24, 2.45) is 0 Å². The van der Waals surface area contributed by atoms with Crippen molar-refractivity contribution in [3.63, 3.8) is 0 Å². The molecule has 1 aromatic carbocycles. The molecule has 18 heavy (non-hydrogen) atoms. The Kier molecular flexibility index (Phi) is 2.70. The van der Waals surface area contributed by atoms with E-state index >= 15 is 0 Å². The molecule has 0 amide bonds. The maximum Gasteiger partial charge on any atom is 0.151 e. The van der Waals surface area contributed by atoms with Crippen LogP contribution in [0.3, 0.4) is 0 Å². The minimum Gasteiger partial charge on any atom is -0.497 e. The highest BCUT2D eigenvalue weighted by Gasteiger charge is 2.23. The van der Waals surface area contributed by atoms with Crippen LogP contribution in [-0.2, 0) is 0 Å². The van der Waals surface area contributed by atoms with Crippen LogP contribution in [0, 0.1) is 6.92 Å². The van der Waals surface area contributed by atoms with Gasteiger partial charge in [-0.2, -0.15) is 5.10 Å². The van der Waals surface area contributed by atoms with Crippen molar-refractivity contribution in [2.75, 3.05) is 12.4 Å². The van der Waals surface area contributed by atoms with E-state index in [9.17, 15) is 0 Å². The van der Waals surface area contributed by atoms with Gasteiger partial charge in [0.15, 0.2) is 5.82 Å². The van der Waals surface area contributed by atoms with Gasteiger partial charge in [-0.25, -0.2) is 0 Å². The van der Waals surface area contributed by atoms with Gasteiger partial charge in [0.05, 0.1) is 12.8 Å². The summed E-state index contributed by atoms with van der Waals surface area (Å²) in [4.78, 5) is 0. The summed E-state index contributed by atoms with van der Waals surface area (Å²) in [5.74, 6) is 1.84. The fourth-order valence-corrected chi connectivity index (χ4v) is 2.00. The van der Waals surface area contributed by atoms with Gasteiger partial charge in [-0.15, -0.1) is 0 Å². The lowest BCUT2D eigenvalue weighted by Gasteiger charge is -2.04. The van der Waals surface area contributed by atoms with Gasteiger partial charge >= 0.3 is 0 Å². The molecule has 0 bridgehead atoms. The van der Waals surface area contributed by atoms with Crippen molar-refractivity contribution in [3.05, 3.63) is 29.8 Å². The second-order valence-electron chi connectivity index (χ2n) is 4.72. The van der Waals surface area contributed by atoms with E-state index in [0.29, 0.717) is 6.04 Å². The fraction of sp³-hybridized carbons (Fsp3) is 0.357. The second-order valence-corrected chi connectivity index (χ2v) is 4.72. The van der Waals surface area contributed by atoms with Crippen LogP contribution in [0.2, 0.25) is 0 Å². The second kappa shape index (κ2) is 4.37. The van der Waals surface area contributed by atoms with E-state index < -0.39 is 0 Å². The predicted molar refractivity (Wildman–Crippen MR) is 72.0 cm³/mol. The third-order valence-electron chi connectivity index (χ3n) is 3.31. The highest BCUT2D eigenvalue weighted by atomic mass is 16.5. The quantitative estimate of drug-likeness (QED) is 0.868. The molecule has 0 saturated heterocycles. The molecule has 1 aromatic heterocycles. The zero-order chi connectivity index (χ0) is 12.5. The van der Waals surface area contributed by atoms with Crippen LogP contribution in [0.5, 0.6) is 5.75 Å². The SMILES string of the molecule is COc1ccc(-c2[nH]nc(NC3CC3)c2C)cc1. The van der Waals surface area contributed by atoms with Crippen molar-refractivity contribution in [1.29, 1.82) is 0 Å². The lowest BCUT2D eigenvalue weighted by atomic mass is 10.1. The van der Waals surface area contributed by atoms with Gasteiger partial charge in [0.25, 0.3) is 0 Å². The van der Waals surface area contributed by atoms with E-state index in [4.69, 9.17) is 4.74 Å². The molecular formula is C14H17N3O. The molecule has 2 aromatic rings. The maximum atomic E-state index is 5.16. The van der Waals surface area contributed by atoms with Crippen molar-refractivity contribution in [1.82, 2.24) is 10.2 Å². The van der Waals surface area contributed by atoms with Crippen LogP contribution in [0.15, 0.2) is 24.3 Å². The first-order chi connectivity index (χ1) is 8.78. The zero-order valence-electron chi connectivity index (χ0n) is 10.7. The van der Waals surface area contributed by atoms with Crippen LogP contribution in [-0.4, -0.2) is 23.3 Å². The molecule has 4 nitrogen and oxygen atoms in total. The van der Waals surface area contributed by atoms with Crippen molar-refractivity contribution < 1.29 is 4.74 Å². The van der Waals surface area contributed by atoms with Crippen LogP contribution in [0.4, 0.5) is 5.82 Å². The summed E-state index contributed by atoms with van der Waals surface area (Å²) >= 11 is 0. The number of aromatic amines is 1. The van der Waals surface area contributed by atoms with Crippen LogP contribution in [0.1, 0.15) is 18.4 Å². The Balaban J connectivity index is 1.87. The number of aromatic nitrogens is 2. The Labute approximate surface area is 106 Å². The molecule has 2 N–H and O–H groups in total. The summed E-state index contributed by atoms with van der Waals surface area (Å²) in [6.07, 6.45) is 2.51. The third kappa shape index (κ3) is 2.06. The molecule has 1 heterocycles. The summed E-state index contributed by atoms with van der Waals surface area (Å²) in [6, 6.07) is 8.63. The summed E-state index contributed by atoms with van der Waals surface area (Å²) in [5, 5.41) is 10.9. The number of H-pyrrole nitrogens is 1. The molecule has 0 spiro atoms. The number of anilines is 1. The summed E-state index contributed by atoms with van der Waals surface area (Å²) in [7, 11) is 1.67. The van der Waals surface area contributed by atoms with Gasteiger partial charge < -0.3 is 10.1 Å². The lowest BCUT2D eigenvalue weighted by Crippen LogP contribution is -2.02. The van der Waals surface area contributed by atoms with Crippen molar-refractivity contribution >= 4 is 5.82 Å². The molecule has 94 valence electrons. The van der Waals surface area contributed by atoms with E-state index in [-0.39, 0.29) is 0 Å². The molecule has 0 radical (unpaired) electrons. The Morgan fingerprint density at radius 2 is 2.00 bits per heavy atom. The summed E-state index contributed by atoms with van der Waals surface area (Å²) in [6.45, 7) is 2.09. The molecule has 0 unspecified atom stereocenters. The summed E-state index contributed by atoms with van der Waals surface area (Å²) < 4.78 is 5.16. The van der Waals surface area contributed by atoms with E-state index in [0.717, 1.165) is 22.8 Å². The van der Waals surface area contributed by atoms with E-state index in [1.807, 2.05) is 24.3 Å². The van der Waals surface area contributed by atoms with Crippen molar-refractivity contribution in [3.8, 4) is 17.0 Å². The van der Waals surface area contributed by atoms with Gasteiger partial charge in [0.2, 0.25) is 0 Å². The Hall–Kier alpha value is -1.97. The van der Waals surface area contributed by atoms with Gasteiger partial charge in [-0.3, -0.25) is 5.10 Å². The normalized spacial score (nSPS) is 14.6. The molecule has 1 fully saturated rings. The van der Waals surface area contributed by atoms with Gasteiger partial charge in [0, 0.05) is 17.2 Å². The average Bonchev–Trinajstić information content (AvgIpc) is 3.15. The molecule has 0 atom stereocenters. The number of nitrogens with zero attached hydrogens (tertiary/aromatic N) is 1. The molecule has 4 heteroatoms. The minimum absolute atomic E-state index is 0.621. The topological polar surface area (TPSA) is 49.9 Å². The number of hydrogen-bond acceptors (Lipinski definition) is 3. The van der Waals surface area contributed by atoms with Gasteiger partial charge in [-0.05, 0) is 44.0 Å². The first kappa shape index (κ1) is 11.1. The number of ether oxygens (including phenoxy) is 1. The smallest absolute Gasteiger partial charge is 0.151 e. The van der Waals surface area contributed by atoms with E-state index in [1.165, 1.54) is 18.4 Å². The maximum absolute atomic E-state index is 5.16. The molecule has 1 saturated carbocycles. The number of nitrogens with one attached hydrogen (secondary N) is 2. The molecule has 3 rings (SSSR count). The molecule has 0 aliphatic heterocycles. The Morgan fingerprint density at radius 1 is 1.28 bits per heavy atom. The standard InChI is InChI=1S/C14H17N3O/c1-9-13(10-3-7-12(18-2)8-4-10)16-17-14(9)15-11-5-6-11/h3-4,7-8,11H,5-6H2,1-2H3,(H2,15,16,17). The van der Waals surface area contributed by atoms with Crippen molar-refractivity contribution in [2.45, 2.75) is 25.8 Å². The van der Waals surface area contributed by atoms with Crippen LogP contribution >= 0.6 is 0 Å². The van der Waals surface area contributed by atoms with E-state index in [1.54, 1.807) is 7.11 Å². The number of rotatable bonds is 4. The average molecular weight is 243 g/mol. The Bertz CT molecular complexity index is 541. The largest absolute Gasteiger partial charge is 0.497 e. The fourth-order valence-electron chi connectivity index (χ4n) is 2.00. The van der Waals surface area contributed by atoms with E-state index in [2.05, 4.69) is 22.4 Å².